The molecule has 1 aliphatic heterocycles. The molecular formula is C23H25Cl6N3O9. The van der Waals surface area contributed by atoms with Crippen molar-refractivity contribution in [3.8, 4) is 0 Å². The van der Waals surface area contributed by atoms with Gasteiger partial charge in [0, 0.05) is 0 Å². The average Bonchev–Trinajstić information content (AvgIpc) is 2.88. The topological polar surface area (TPSA) is 154 Å². The Balaban J connectivity index is 2.36. The molecule has 2 amide bonds. The smallest absolute Gasteiger partial charge is 0.446 e. The van der Waals surface area contributed by atoms with Crippen molar-refractivity contribution < 1.29 is 42.8 Å². The van der Waals surface area contributed by atoms with E-state index in [9.17, 15) is 14.4 Å². The number of carbonyl (C=O) groups is 3. The second kappa shape index (κ2) is 16.0. The zero-order valence-electron chi connectivity index (χ0n) is 21.1. The molecule has 3 N–H and O–H groups in total. The third-order valence-corrected chi connectivity index (χ3v) is 5.89. The Bertz CT molecular complexity index is 1070. The van der Waals surface area contributed by atoms with Crippen LogP contribution in [0.2, 0.25) is 0 Å². The largest absolute Gasteiger partial charge is 0.509 e. The summed E-state index contributed by atoms with van der Waals surface area (Å²) in [5, 5.41) is 12.8. The Morgan fingerprint density at radius 1 is 0.976 bits per heavy atom. The van der Waals surface area contributed by atoms with E-state index in [1.807, 2.05) is 0 Å². The van der Waals surface area contributed by atoms with Crippen LogP contribution in [0.15, 0.2) is 43.0 Å². The molecule has 228 valence electrons. The fourth-order valence-electron chi connectivity index (χ4n) is 3.30. The summed E-state index contributed by atoms with van der Waals surface area (Å²) >= 11 is 34.1. The van der Waals surface area contributed by atoms with Crippen LogP contribution in [0.1, 0.15) is 12.5 Å². The maximum absolute atomic E-state index is 12.7. The number of ether oxygens (including phenoxy) is 6. The molecule has 1 fully saturated rings. The molecule has 1 unspecified atom stereocenters. The average molecular weight is 700 g/mol. The molecule has 12 nitrogen and oxygen atoms in total. The lowest BCUT2D eigenvalue weighted by Gasteiger charge is -2.44. The first kappa shape index (κ1) is 35.1. The van der Waals surface area contributed by atoms with E-state index < -0.39 is 69.0 Å². The molecule has 1 aliphatic rings. The first-order valence-electron chi connectivity index (χ1n) is 11.5. The van der Waals surface area contributed by atoms with Gasteiger partial charge in [0.1, 0.15) is 25.9 Å². The zero-order valence-corrected chi connectivity index (χ0v) is 25.7. The summed E-state index contributed by atoms with van der Waals surface area (Å²) < 4.78 is 27.3. The van der Waals surface area contributed by atoms with Crippen molar-refractivity contribution in [1.82, 2.24) is 10.6 Å². The number of halogens is 6. The summed E-state index contributed by atoms with van der Waals surface area (Å²) in [7, 11) is 0. The number of alkyl carbamates (subject to hydrolysis) is 2. The summed E-state index contributed by atoms with van der Waals surface area (Å²) in [4.78, 5) is 37.8. The number of carbonyl (C=O) groups excluding carboxylic acids is 3. The van der Waals surface area contributed by atoms with Gasteiger partial charge < -0.3 is 39.1 Å². The van der Waals surface area contributed by atoms with Crippen molar-refractivity contribution in [3.63, 3.8) is 0 Å². The van der Waals surface area contributed by atoms with Gasteiger partial charge in [-0.1, -0.05) is 113 Å². The van der Waals surface area contributed by atoms with E-state index >= 15 is 0 Å². The van der Waals surface area contributed by atoms with Crippen molar-refractivity contribution in [1.29, 1.82) is 5.41 Å². The summed E-state index contributed by atoms with van der Waals surface area (Å²) in [5.41, 5.74) is 0.700. The molecule has 0 aromatic heterocycles. The number of hydrogen-bond acceptors (Lipinski definition) is 10. The molecule has 0 aliphatic carbocycles. The molecule has 0 spiro atoms. The standard InChI is InChI=1S/C23H25Cl6N3O9/c1-3-9-36-21(35)40-16-14(31-19(33)37-10-13-7-5-4-6-8-13)12(2)39-17(41-18(30)23(27,28)29)15(16)32-20(34)38-11-22(24,25)26/h3-8,12,14-17,30H,1,9-11H2,2H3,(H,31,33)(H,32,34)/t12-,14+,15-,16+,17?/m1/s1. The highest BCUT2D eigenvalue weighted by atomic mass is 35.6. The van der Waals surface area contributed by atoms with Crippen LogP contribution >= 0.6 is 69.6 Å². The van der Waals surface area contributed by atoms with E-state index in [4.69, 9.17) is 103 Å². The molecule has 0 bridgehead atoms. The van der Waals surface area contributed by atoms with Crippen LogP contribution in [0, 0.1) is 5.41 Å². The van der Waals surface area contributed by atoms with Crippen LogP contribution in [0.3, 0.4) is 0 Å². The molecule has 1 saturated heterocycles. The molecule has 2 rings (SSSR count). The van der Waals surface area contributed by atoms with Gasteiger partial charge in [0.25, 0.3) is 3.79 Å². The minimum atomic E-state index is -2.33. The van der Waals surface area contributed by atoms with Gasteiger partial charge in [-0.3, -0.25) is 5.41 Å². The number of amides is 2. The molecule has 1 heterocycles. The maximum Gasteiger partial charge on any atom is 0.509 e. The van der Waals surface area contributed by atoms with Gasteiger partial charge >= 0.3 is 18.3 Å². The van der Waals surface area contributed by atoms with Crippen molar-refractivity contribution in [2.75, 3.05) is 13.2 Å². The van der Waals surface area contributed by atoms with Crippen LogP contribution in [-0.2, 0) is 35.0 Å². The lowest BCUT2D eigenvalue weighted by atomic mass is 9.94. The SMILES string of the molecule is C=CCOC(=O)O[C@H]1[C@@H](NC(=O)OCc2ccccc2)[C@@H](C)OC(OC(=N)C(Cl)(Cl)Cl)[C@@H]1NC(=O)OCC(Cl)(Cl)Cl. The zero-order chi connectivity index (χ0) is 30.8. The van der Waals surface area contributed by atoms with Gasteiger partial charge in [-0.2, -0.15) is 0 Å². The monoisotopic (exact) mass is 697 g/mol. The minimum Gasteiger partial charge on any atom is -0.446 e. The molecular weight excluding hydrogens is 675 g/mol. The van der Waals surface area contributed by atoms with Gasteiger partial charge in [0.2, 0.25) is 16.0 Å². The fraction of sp³-hybridized carbons (Fsp3) is 0.478. The van der Waals surface area contributed by atoms with Gasteiger partial charge in [0.05, 0.1) is 12.1 Å². The van der Waals surface area contributed by atoms with Crippen LogP contribution in [0.4, 0.5) is 14.4 Å². The Morgan fingerprint density at radius 2 is 1.59 bits per heavy atom. The molecule has 1 aromatic carbocycles. The molecule has 5 atom stereocenters. The first-order valence-corrected chi connectivity index (χ1v) is 13.8. The Labute approximate surface area is 265 Å². The molecule has 41 heavy (non-hydrogen) atoms. The van der Waals surface area contributed by atoms with E-state index in [-0.39, 0.29) is 13.2 Å². The Morgan fingerprint density at radius 3 is 2.17 bits per heavy atom. The number of alkyl halides is 6. The predicted molar refractivity (Wildman–Crippen MR) is 152 cm³/mol. The van der Waals surface area contributed by atoms with Gasteiger partial charge in [-0.15, -0.1) is 0 Å². The normalized spacial score (nSPS) is 22.5. The highest BCUT2D eigenvalue weighted by Gasteiger charge is 2.51. The summed E-state index contributed by atoms with van der Waals surface area (Å²) in [6.45, 7) is 3.92. The molecule has 18 heteroatoms. The summed E-state index contributed by atoms with van der Waals surface area (Å²) in [6, 6.07) is 6.08. The van der Waals surface area contributed by atoms with E-state index in [1.165, 1.54) is 13.0 Å². The van der Waals surface area contributed by atoms with Crippen LogP contribution in [0.5, 0.6) is 0 Å². The van der Waals surface area contributed by atoms with Crippen LogP contribution in [0.25, 0.3) is 0 Å². The van der Waals surface area contributed by atoms with E-state index in [1.54, 1.807) is 30.3 Å². The number of benzene rings is 1. The lowest BCUT2D eigenvalue weighted by molar-refractivity contribution is -0.208. The Kier molecular flexibility index (Phi) is 13.7. The maximum atomic E-state index is 12.7. The Hall–Kier alpha value is -2.06. The van der Waals surface area contributed by atoms with Crippen LogP contribution < -0.4 is 10.6 Å². The van der Waals surface area contributed by atoms with Crippen molar-refractivity contribution in [3.05, 3.63) is 48.6 Å². The number of nitrogens with one attached hydrogen (secondary N) is 3. The fourth-order valence-corrected chi connectivity index (χ4v) is 3.60. The predicted octanol–water partition coefficient (Wildman–Crippen LogP) is 5.56. The highest BCUT2D eigenvalue weighted by Crippen LogP contribution is 2.32. The van der Waals surface area contributed by atoms with Gasteiger partial charge in [-0.05, 0) is 12.5 Å². The second-order valence-corrected chi connectivity index (χ2v) is 13.0. The van der Waals surface area contributed by atoms with Crippen molar-refractivity contribution in [2.45, 2.75) is 51.7 Å². The van der Waals surface area contributed by atoms with Gasteiger partial charge in [0.15, 0.2) is 6.10 Å². The molecule has 1 aromatic rings. The quantitative estimate of drug-likeness (QED) is 0.0750. The number of rotatable bonds is 9. The molecule has 0 saturated carbocycles. The van der Waals surface area contributed by atoms with E-state index in [0.29, 0.717) is 5.56 Å². The van der Waals surface area contributed by atoms with Gasteiger partial charge in [-0.25, -0.2) is 14.4 Å². The van der Waals surface area contributed by atoms with E-state index in [0.717, 1.165) is 0 Å². The summed E-state index contributed by atoms with van der Waals surface area (Å²) in [6.07, 6.45) is -6.20. The van der Waals surface area contributed by atoms with Crippen LogP contribution in [-0.4, -0.2) is 75.6 Å². The third kappa shape index (κ3) is 12.4. The highest BCUT2D eigenvalue weighted by molar-refractivity contribution is 6.76. The summed E-state index contributed by atoms with van der Waals surface area (Å²) in [5.74, 6) is -0.900. The second-order valence-electron chi connectivity index (χ2n) is 8.18. The van der Waals surface area contributed by atoms with Crippen molar-refractivity contribution >= 4 is 93.8 Å². The first-order chi connectivity index (χ1) is 19.1. The third-order valence-electron chi connectivity index (χ3n) is 5.05. The lowest BCUT2D eigenvalue weighted by Crippen LogP contribution is -2.69. The van der Waals surface area contributed by atoms with E-state index in [2.05, 4.69) is 17.2 Å². The van der Waals surface area contributed by atoms with Crippen molar-refractivity contribution in [2.24, 2.45) is 0 Å². The molecule has 0 radical (unpaired) electrons. The number of hydrogen-bond donors (Lipinski definition) is 3. The minimum absolute atomic E-state index is 0.0846.